The Balaban J connectivity index is 1.96. The topological polar surface area (TPSA) is 65.7 Å². The number of benzene rings is 1. The minimum atomic E-state index is -1.21. The fourth-order valence-corrected chi connectivity index (χ4v) is 3.66. The molecule has 0 bridgehead atoms. The van der Waals surface area contributed by atoms with Crippen molar-refractivity contribution in [1.29, 1.82) is 0 Å². The molecule has 27 heavy (non-hydrogen) atoms. The SMILES string of the molecule is C[C@@H]1COc2c(B3OC(C)(C)C(C)(C)O3)cc(F)c3nc(C(C)(C)O)n1c23. The minimum absolute atomic E-state index is 0.0862. The van der Waals surface area contributed by atoms with Crippen LogP contribution in [0.5, 0.6) is 5.75 Å². The molecule has 146 valence electrons. The highest BCUT2D eigenvalue weighted by molar-refractivity contribution is 6.63. The molecule has 8 heteroatoms. The number of ether oxygens (including phenoxy) is 1. The summed E-state index contributed by atoms with van der Waals surface area (Å²) in [6, 6.07) is 1.29. The second kappa shape index (κ2) is 5.46. The van der Waals surface area contributed by atoms with Gasteiger partial charge in [0.05, 0.1) is 17.2 Å². The van der Waals surface area contributed by atoms with Crippen molar-refractivity contribution in [3.05, 3.63) is 17.7 Å². The summed E-state index contributed by atoms with van der Waals surface area (Å²) in [5.74, 6) is 0.436. The minimum Gasteiger partial charge on any atom is -0.490 e. The van der Waals surface area contributed by atoms with E-state index in [0.29, 0.717) is 29.2 Å². The number of hydrogen-bond donors (Lipinski definition) is 1. The lowest BCUT2D eigenvalue weighted by atomic mass is 9.77. The highest BCUT2D eigenvalue weighted by Crippen LogP contribution is 2.41. The lowest BCUT2D eigenvalue weighted by Gasteiger charge is -2.32. The van der Waals surface area contributed by atoms with Crippen molar-refractivity contribution in [2.75, 3.05) is 6.61 Å². The average molecular weight is 376 g/mol. The van der Waals surface area contributed by atoms with Gasteiger partial charge in [-0.05, 0) is 54.5 Å². The predicted molar refractivity (Wildman–Crippen MR) is 101 cm³/mol. The van der Waals surface area contributed by atoms with Crippen LogP contribution in [0.25, 0.3) is 11.0 Å². The summed E-state index contributed by atoms with van der Waals surface area (Å²) in [6.07, 6.45) is 0. The molecule has 4 rings (SSSR count). The molecule has 1 aromatic carbocycles. The number of rotatable bonds is 2. The van der Waals surface area contributed by atoms with Gasteiger partial charge in [0, 0.05) is 5.46 Å². The second-order valence-corrected chi connectivity index (χ2v) is 9.09. The zero-order valence-electron chi connectivity index (χ0n) is 16.9. The van der Waals surface area contributed by atoms with E-state index in [-0.39, 0.29) is 11.6 Å². The monoisotopic (exact) mass is 376 g/mol. The van der Waals surface area contributed by atoms with E-state index in [1.807, 2.05) is 39.2 Å². The highest BCUT2D eigenvalue weighted by Gasteiger charge is 2.53. The van der Waals surface area contributed by atoms with Crippen molar-refractivity contribution in [2.45, 2.75) is 71.3 Å². The Labute approximate surface area is 158 Å². The molecule has 0 saturated carbocycles. The summed E-state index contributed by atoms with van der Waals surface area (Å²) in [6.45, 7) is 13.4. The predicted octanol–water partition coefficient (Wildman–Crippen LogP) is 2.66. The normalized spacial score (nSPS) is 23.7. The van der Waals surface area contributed by atoms with Gasteiger partial charge in [-0.3, -0.25) is 0 Å². The zero-order valence-corrected chi connectivity index (χ0v) is 16.9. The van der Waals surface area contributed by atoms with Gasteiger partial charge in [-0.25, -0.2) is 9.37 Å². The van der Waals surface area contributed by atoms with Crippen LogP contribution in [-0.2, 0) is 14.9 Å². The van der Waals surface area contributed by atoms with Crippen LogP contribution in [0.2, 0.25) is 0 Å². The largest absolute Gasteiger partial charge is 0.498 e. The summed E-state index contributed by atoms with van der Waals surface area (Å²) < 4.78 is 35.1. The molecule has 0 radical (unpaired) electrons. The van der Waals surface area contributed by atoms with Crippen LogP contribution >= 0.6 is 0 Å². The Kier molecular flexibility index (Phi) is 3.78. The van der Waals surface area contributed by atoms with Gasteiger partial charge in [-0.15, -0.1) is 0 Å². The van der Waals surface area contributed by atoms with Crippen LogP contribution in [0.1, 0.15) is 60.3 Å². The summed E-state index contributed by atoms with van der Waals surface area (Å²) in [7, 11) is -0.744. The van der Waals surface area contributed by atoms with Gasteiger partial charge in [0.15, 0.2) is 5.82 Å². The first-order chi connectivity index (χ1) is 12.3. The summed E-state index contributed by atoms with van der Waals surface area (Å²) >= 11 is 0. The van der Waals surface area contributed by atoms with E-state index in [2.05, 4.69) is 4.98 Å². The number of halogens is 1. The van der Waals surface area contributed by atoms with Crippen molar-refractivity contribution >= 4 is 23.6 Å². The lowest BCUT2D eigenvalue weighted by molar-refractivity contribution is 0.00578. The van der Waals surface area contributed by atoms with E-state index in [0.717, 1.165) is 0 Å². The lowest BCUT2D eigenvalue weighted by Crippen LogP contribution is -2.41. The molecule has 2 aliphatic heterocycles. The van der Waals surface area contributed by atoms with Gasteiger partial charge >= 0.3 is 7.12 Å². The molecule has 0 spiro atoms. The molecule has 1 N–H and O–H groups in total. The standard InChI is InChI=1S/C19H26BFN2O4/c1-10-9-25-15-11(20-26-18(4,5)19(6,7)27-20)8-12(21)13-14(15)23(10)16(22-13)17(2,3)24/h8,10,24H,9H2,1-7H3/t10-/m1/s1. The Hall–Kier alpha value is -1.64. The molecule has 0 aliphatic carbocycles. The van der Waals surface area contributed by atoms with Gasteiger partial charge in [0.2, 0.25) is 0 Å². The third-order valence-corrected chi connectivity index (χ3v) is 5.86. The third-order valence-electron chi connectivity index (χ3n) is 5.86. The molecule has 1 aromatic heterocycles. The third kappa shape index (κ3) is 2.61. The van der Waals surface area contributed by atoms with Gasteiger partial charge in [0.25, 0.3) is 0 Å². The van der Waals surface area contributed by atoms with E-state index in [1.54, 1.807) is 13.8 Å². The Morgan fingerprint density at radius 1 is 1.26 bits per heavy atom. The molecule has 1 saturated heterocycles. The quantitative estimate of drug-likeness (QED) is 0.817. The Bertz CT molecular complexity index is 916. The number of imidazole rings is 1. The fraction of sp³-hybridized carbons (Fsp3) is 0.632. The molecule has 0 unspecified atom stereocenters. The van der Waals surface area contributed by atoms with Crippen LogP contribution in [0.3, 0.4) is 0 Å². The Morgan fingerprint density at radius 2 is 1.85 bits per heavy atom. The van der Waals surface area contributed by atoms with Crippen LogP contribution in [0, 0.1) is 5.82 Å². The summed E-state index contributed by atoms with van der Waals surface area (Å²) in [5.41, 5.74) is -1.07. The zero-order chi connectivity index (χ0) is 19.9. The number of nitrogens with zero attached hydrogens (tertiary/aromatic N) is 2. The maximum absolute atomic E-state index is 15.0. The van der Waals surface area contributed by atoms with E-state index in [1.165, 1.54) is 6.07 Å². The summed E-state index contributed by atoms with van der Waals surface area (Å²) in [4.78, 5) is 4.41. The van der Waals surface area contributed by atoms with Crippen LogP contribution in [-0.4, -0.2) is 39.6 Å². The molecule has 1 fully saturated rings. The fourth-order valence-electron chi connectivity index (χ4n) is 3.66. The van der Waals surface area contributed by atoms with E-state index < -0.39 is 29.7 Å². The number of hydrogen-bond acceptors (Lipinski definition) is 5. The Morgan fingerprint density at radius 3 is 2.41 bits per heavy atom. The van der Waals surface area contributed by atoms with Crippen LogP contribution < -0.4 is 10.2 Å². The van der Waals surface area contributed by atoms with Crippen LogP contribution in [0.15, 0.2) is 6.07 Å². The molecular formula is C19H26BFN2O4. The molecule has 2 aromatic rings. The number of aromatic nitrogens is 2. The van der Waals surface area contributed by atoms with Gasteiger partial charge < -0.3 is 23.7 Å². The van der Waals surface area contributed by atoms with Crippen molar-refractivity contribution < 1.29 is 23.5 Å². The summed E-state index contributed by atoms with van der Waals surface area (Å²) in [5, 5.41) is 10.5. The highest BCUT2D eigenvalue weighted by atomic mass is 19.1. The van der Waals surface area contributed by atoms with E-state index in [9.17, 15) is 5.11 Å². The molecule has 6 nitrogen and oxygen atoms in total. The van der Waals surface area contributed by atoms with Crippen LogP contribution in [0.4, 0.5) is 4.39 Å². The smallest absolute Gasteiger partial charge is 0.490 e. The average Bonchev–Trinajstić information content (AvgIpc) is 3.02. The van der Waals surface area contributed by atoms with Gasteiger partial charge in [-0.1, -0.05) is 0 Å². The van der Waals surface area contributed by atoms with Gasteiger partial charge in [0.1, 0.15) is 34.8 Å². The van der Waals surface area contributed by atoms with E-state index >= 15 is 4.39 Å². The molecule has 2 aliphatic rings. The first-order valence-electron chi connectivity index (χ1n) is 9.29. The van der Waals surface area contributed by atoms with Crippen molar-refractivity contribution in [1.82, 2.24) is 9.55 Å². The van der Waals surface area contributed by atoms with Crippen molar-refractivity contribution in [3.63, 3.8) is 0 Å². The first kappa shape index (κ1) is 18.7. The van der Waals surface area contributed by atoms with Crippen molar-refractivity contribution in [2.24, 2.45) is 0 Å². The molecular weight excluding hydrogens is 350 g/mol. The van der Waals surface area contributed by atoms with Gasteiger partial charge in [-0.2, -0.15) is 0 Å². The van der Waals surface area contributed by atoms with E-state index in [4.69, 9.17) is 14.0 Å². The maximum Gasteiger partial charge on any atom is 0.498 e. The maximum atomic E-state index is 15.0. The number of aliphatic hydroxyl groups is 1. The second-order valence-electron chi connectivity index (χ2n) is 9.09. The van der Waals surface area contributed by atoms with Crippen molar-refractivity contribution in [3.8, 4) is 5.75 Å². The molecule has 3 heterocycles. The molecule has 1 atom stereocenters. The first-order valence-corrected chi connectivity index (χ1v) is 9.29. The molecule has 0 amide bonds.